The van der Waals surface area contributed by atoms with Crippen LogP contribution >= 0.6 is 0 Å². The zero-order chi connectivity index (χ0) is 12.7. The van der Waals surface area contributed by atoms with Crippen molar-refractivity contribution in [3.8, 4) is 5.75 Å². The summed E-state index contributed by atoms with van der Waals surface area (Å²) in [7, 11) is 0. The van der Waals surface area contributed by atoms with E-state index in [9.17, 15) is 4.79 Å². The van der Waals surface area contributed by atoms with Gasteiger partial charge in [0, 0.05) is 6.54 Å². The van der Waals surface area contributed by atoms with E-state index in [0.717, 1.165) is 6.42 Å². The molecule has 0 aromatic heterocycles. The SMILES string of the molecule is CC(C)(CCN)CNC(=O)Oc1ccccc1. The minimum atomic E-state index is -0.429. The first-order valence-electron chi connectivity index (χ1n) is 5.74. The van der Waals surface area contributed by atoms with Crippen molar-refractivity contribution in [1.29, 1.82) is 0 Å². The van der Waals surface area contributed by atoms with Crippen molar-refractivity contribution in [3.05, 3.63) is 30.3 Å². The summed E-state index contributed by atoms with van der Waals surface area (Å²) in [6.45, 7) is 5.28. The second-order valence-corrected chi connectivity index (χ2v) is 4.76. The molecule has 4 heteroatoms. The topological polar surface area (TPSA) is 64.3 Å². The van der Waals surface area contributed by atoms with Crippen LogP contribution in [0.15, 0.2) is 30.3 Å². The lowest BCUT2D eigenvalue weighted by molar-refractivity contribution is 0.193. The molecular weight excluding hydrogens is 216 g/mol. The Kier molecular flexibility index (Phi) is 4.97. The maximum absolute atomic E-state index is 11.5. The maximum atomic E-state index is 11.5. The van der Waals surface area contributed by atoms with Crippen LogP contribution in [0.5, 0.6) is 5.75 Å². The van der Waals surface area contributed by atoms with Gasteiger partial charge in [-0.05, 0) is 30.5 Å². The van der Waals surface area contributed by atoms with Crippen LogP contribution in [-0.2, 0) is 0 Å². The molecule has 0 saturated carbocycles. The summed E-state index contributed by atoms with van der Waals surface area (Å²) in [4.78, 5) is 11.5. The van der Waals surface area contributed by atoms with Gasteiger partial charge in [0.05, 0.1) is 0 Å². The normalized spacial score (nSPS) is 11.0. The minimum Gasteiger partial charge on any atom is -0.410 e. The van der Waals surface area contributed by atoms with Crippen LogP contribution < -0.4 is 15.8 Å². The number of hydrogen-bond donors (Lipinski definition) is 2. The first kappa shape index (κ1) is 13.5. The quantitative estimate of drug-likeness (QED) is 0.823. The van der Waals surface area contributed by atoms with Crippen LogP contribution in [0.3, 0.4) is 0 Å². The first-order valence-corrected chi connectivity index (χ1v) is 5.74. The van der Waals surface area contributed by atoms with Crippen LogP contribution in [0.25, 0.3) is 0 Å². The highest BCUT2D eigenvalue weighted by Crippen LogP contribution is 2.17. The molecule has 0 saturated heterocycles. The van der Waals surface area contributed by atoms with Gasteiger partial charge in [-0.25, -0.2) is 4.79 Å². The van der Waals surface area contributed by atoms with Crippen molar-refractivity contribution in [2.45, 2.75) is 20.3 Å². The third kappa shape index (κ3) is 5.36. The Morgan fingerprint density at radius 3 is 2.59 bits per heavy atom. The van der Waals surface area contributed by atoms with Gasteiger partial charge >= 0.3 is 6.09 Å². The van der Waals surface area contributed by atoms with Gasteiger partial charge in [-0.1, -0.05) is 32.0 Å². The zero-order valence-corrected chi connectivity index (χ0v) is 10.4. The number of hydrogen-bond acceptors (Lipinski definition) is 3. The number of nitrogens with one attached hydrogen (secondary N) is 1. The van der Waals surface area contributed by atoms with E-state index in [0.29, 0.717) is 18.8 Å². The van der Waals surface area contributed by atoms with Gasteiger partial charge < -0.3 is 15.8 Å². The van der Waals surface area contributed by atoms with Crippen LogP contribution in [0.4, 0.5) is 4.79 Å². The molecule has 0 aliphatic rings. The smallest absolute Gasteiger partial charge is 0.410 e. The van der Waals surface area contributed by atoms with Crippen molar-refractivity contribution >= 4 is 6.09 Å². The van der Waals surface area contributed by atoms with Gasteiger partial charge in [0.1, 0.15) is 5.75 Å². The number of rotatable bonds is 5. The van der Waals surface area contributed by atoms with Gasteiger partial charge in [-0.3, -0.25) is 0 Å². The average molecular weight is 236 g/mol. The standard InChI is InChI=1S/C13H20N2O2/c1-13(2,8-9-14)10-15-12(16)17-11-6-4-3-5-7-11/h3-7H,8-10,14H2,1-2H3,(H,15,16). The largest absolute Gasteiger partial charge is 0.412 e. The second-order valence-electron chi connectivity index (χ2n) is 4.76. The molecule has 17 heavy (non-hydrogen) atoms. The fourth-order valence-electron chi connectivity index (χ4n) is 1.42. The highest BCUT2D eigenvalue weighted by Gasteiger charge is 2.18. The molecule has 3 N–H and O–H groups in total. The summed E-state index contributed by atoms with van der Waals surface area (Å²) in [5, 5.41) is 2.74. The monoisotopic (exact) mass is 236 g/mol. The highest BCUT2D eigenvalue weighted by molar-refractivity contribution is 5.70. The molecule has 0 bridgehead atoms. The van der Waals surface area contributed by atoms with Gasteiger partial charge in [-0.15, -0.1) is 0 Å². The molecule has 1 aromatic rings. The highest BCUT2D eigenvalue weighted by atomic mass is 16.6. The molecule has 0 fully saturated rings. The molecule has 0 radical (unpaired) electrons. The Balaban J connectivity index is 2.36. The molecule has 0 aliphatic carbocycles. The molecule has 0 spiro atoms. The summed E-state index contributed by atoms with van der Waals surface area (Å²) >= 11 is 0. The lowest BCUT2D eigenvalue weighted by atomic mass is 9.89. The van der Waals surface area contributed by atoms with E-state index in [1.165, 1.54) is 0 Å². The number of benzene rings is 1. The van der Waals surface area contributed by atoms with Crippen LogP contribution in [0.2, 0.25) is 0 Å². The van der Waals surface area contributed by atoms with Crippen molar-refractivity contribution in [2.24, 2.45) is 11.1 Å². The van der Waals surface area contributed by atoms with Crippen LogP contribution in [0, 0.1) is 5.41 Å². The van der Waals surface area contributed by atoms with Crippen molar-refractivity contribution in [2.75, 3.05) is 13.1 Å². The predicted octanol–water partition coefficient (Wildman–Crippen LogP) is 2.15. The van der Waals surface area contributed by atoms with Gasteiger partial charge in [-0.2, -0.15) is 0 Å². The fraction of sp³-hybridized carbons (Fsp3) is 0.462. The molecule has 0 heterocycles. The van der Waals surface area contributed by atoms with Crippen LogP contribution in [0.1, 0.15) is 20.3 Å². The van der Waals surface area contributed by atoms with E-state index < -0.39 is 6.09 Å². The van der Waals surface area contributed by atoms with Crippen molar-refractivity contribution in [1.82, 2.24) is 5.32 Å². The summed E-state index contributed by atoms with van der Waals surface area (Å²) in [5.41, 5.74) is 5.49. The fourth-order valence-corrected chi connectivity index (χ4v) is 1.42. The molecular formula is C13H20N2O2. The van der Waals surface area contributed by atoms with E-state index in [4.69, 9.17) is 10.5 Å². The third-order valence-electron chi connectivity index (χ3n) is 2.49. The number of para-hydroxylation sites is 1. The maximum Gasteiger partial charge on any atom is 0.412 e. The summed E-state index contributed by atoms with van der Waals surface area (Å²) in [6, 6.07) is 8.99. The molecule has 1 amide bonds. The molecule has 4 nitrogen and oxygen atoms in total. The van der Waals surface area contributed by atoms with Crippen molar-refractivity contribution < 1.29 is 9.53 Å². The lowest BCUT2D eigenvalue weighted by Gasteiger charge is -2.23. The van der Waals surface area contributed by atoms with Gasteiger partial charge in [0.15, 0.2) is 0 Å². The van der Waals surface area contributed by atoms with E-state index in [2.05, 4.69) is 19.2 Å². The molecule has 0 unspecified atom stereocenters. The summed E-state index contributed by atoms with van der Waals surface area (Å²) in [6.07, 6.45) is 0.430. The number of carbonyl (C=O) groups excluding carboxylic acids is 1. The Bertz CT molecular complexity index is 350. The number of amides is 1. The van der Waals surface area contributed by atoms with E-state index in [-0.39, 0.29) is 5.41 Å². The Hall–Kier alpha value is -1.55. The predicted molar refractivity (Wildman–Crippen MR) is 67.9 cm³/mol. The molecule has 0 aliphatic heterocycles. The number of carbonyl (C=O) groups is 1. The van der Waals surface area contributed by atoms with Gasteiger partial charge in [0.2, 0.25) is 0 Å². The third-order valence-corrected chi connectivity index (χ3v) is 2.49. The van der Waals surface area contributed by atoms with E-state index >= 15 is 0 Å². The molecule has 94 valence electrons. The van der Waals surface area contributed by atoms with E-state index in [1.807, 2.05) is 18.2 Å². The first-order chi connectivity index (χ1) is 8.03. The van der Waals surface area contributed by atoms with Crippen LogP contribution in [-0.4, -0.2) is 19.2 Å². The molecule has 0 atom stereocenters. The van der Waals surface area contributed by atoms with E-state index in [1.54, 1.807) is 12.1 Å². The number of ether oxygens (including phenoxy) is 1. The Morgan fingerprint density at radius 2 is 2.00 bits per heavy atom. The number of nitrogens with two attached hydrogens (primary N) is 1. The minimum absolute atomic E-state index is 0.00947. The molecule has 1 rings (SSSR count). The van der Waals surface area contributed by atoms with Crippen molar-refractivity contribution in [3.63, 3.8) is 0 Å². The Labute approximate surface area is 102 Å². The second kappa shape index (κ2) is 6.25. The summed E-state index contributed by atoms with van der Waals surface area (Å²) in [5.74, 6) is 0.543. The Morgan fingerprint density at radius 1 is 1.35 bits per heavy atom. The molecule has 1 aromatic carbocycles. The lowest BCUT2D eigenvalue weighted by Crippen LogP contribution is -2.36. The summed E-state index contributed by atoms with van der Waals surface area (Å²) < 4.78 is 5.11. The zero-order valence-electron chi connectivity index (χ0n) is 10.4. The average Bonchev–Trinajstić information content (AvgIpc) is 2.28. The van der Waals surface area contributed by atoms with Gasteiger partial charge in [0.25, 0.3) is 0 Å².